The van der Waals surface area contributed by atoms with Crippen molar-refractivity contribution in [2.75, 3.05) is 26.3 Å². The largest absolute Gasteiger partial charge is 0.481 e. The molecule has 1 N–H and O–H groups in total. The van der Waals surface area contributed by atoms with Crippen molar-refractivity contribution in [2.45, 2.75) is 26.4 Å². The summed E-state index contributed by atoms with van der Waals surface area (Å²) in [5, 5.41) is 9.35. The first kappa shape index (κ1) is 13.1. The Morgan fingerprint density at radius 1 is 1.44 bits per heavy atom. The van der Waals surface area contributed by atoms with Gasteiger partial charge in [-0.3, -0.25) is 4.79 Å². The summed E-state index contributed by atoms with van der Waals surface area (Å²) in [7, 11) is 0. The number of carboxylic acid groups (broad SMARTS) is 1. The first-order valence-electron chi connectivity index (χ1n) is 6.04. The van der Waals surface area contributed by atoms with Crippen LogP contribution in [0.15, 0.2) is 0 Å². The van der Waals surface area contributed by atoms with Gasteiger partial charge in [-0.1, -0.05) is 0 Å². The normalized spacial score (nSPS) is 31.3. The van der Waals surface area contributed by atoms with E-state index in [-0.39, 0.29) is 19.1 Å². The van der Waals surface area contributed by atoms with Crippen LogP contribution in [0.1, 0.15) is 20.8 Å². The Balaban J connectivity index is 2.08. The molecule has 0 aromatic rings. The van der Waals surface area contributed by atoms with Gasteiger partial charge in [0.15, 0.2) is 0 Å². The van der Waals surface area contributed by atoms with E-state index in [1.165, 1.54) is 4.90 Å². The average molecular weight is 257 g/mol. The zero-order valence-corrected chi connectivity index (χ0v) is 10.9. The van der Waals surface area contributed by atoms with Gasteiger partial charge in [-0.05, 0) is 20.8 Å². The van der Waals surface area contributed by atoms with Gasteiger partial charge in [0.05, 0.1) is 13.2 Å². The fraction of sp³-hybridized carbons (Fsp3) is 0.833. The molecule has 2 rings (SSSR count). The van der Waals surface area contributed by atoms with Crippen molar-refractivity contribution >= 4 is 12.1 Å². The molecule has 0 unspecified atom stereocenters. The van der Waals surface area contributed by atoms with Crippen LogP contribution >= 0.6 is 0 Å². The summed E-state index contributed by atoms with van der Waals surface area (Å²) in [6, 6.07) is 0. The molecule has 2 heterocycles. The predicted octanol–water partition coefficient (Wildman–Crippen LogP) is 0.954. The summed E-state index contributed by atoms with van der Waals surface area (Å²) >= 11 is 0. The molecule has 2 aliphatic rings. The SMILES string of the molecule is CC(C)(C)OC(=O)N1C[C@@H]2COC[C@]2(C(=O)O)C1. The molecule has 2 atom stereocenters. The summed E-state index contributed by atoms with van der Waals surface area (Å²) in [6.45, 7) is 6.49. The number of likely N-dealkylation sites (tertiary alicyclic amines) is 1. The minimum atomic E-state index is -0.948. The van der Waals surface area contributed by atoms with Crippen molar-refractivity contribution in [3.63, 3.8) is 0 Å². The highest BCUT2D eigenvalue weighted by Crippen LogP contribution is 2.41. The number of carbonyl (C=O) groups is 2. The second-order valence-electron chi connectivity index (χ2n) is 6.03. The molecule has 2 saturated heterocycles. The van der Waals surface area contributed by atoms with Crippen LogP contribution in [0, 0.1) is 11.3 Å². The van der Waals surface area contributed by atoms with Crippen molar-refractivity contribution in [2.24, 2.45) is 11.3 Å². The van der Waals surface area contributed by atoms with Gasteiger partial charge in [0.1, 0.15) is 11.0 Å². The number of fused-ring (bicyclic) bond motifs is 1. The Morgan fingerprint density at radius 2 is 2.11 bits per heavy atom. The summed E-state index contributed by atoms with van der Waals surface area (Å²) in [5.74, 6) is -1.03. The Labute approximate surface area is 106 Å². The molecule has 0 aromatic heterocycles. The van der Waals surface area contributed by atoms with E-state index < -0.39 is 23.1 Å². The summed E-state index contributed by atoms with van der Waals surface area (Å²) < 4.78 is 10.5. The molecule has 1 amide bonds. The molecule has 102 valence electrons. The number of rotatable bonds is 1. The van der Waals surface area contributed by atoms with E-state index in [4.69, 9.17) is 9.47 Å². The van der Waals surface area contributed by atoms with E-state index in [0.29, 0.717) is 13.2 Å². The quantitative estimate of drug-likeness (QED) is 0.757. The van der Waals surface area contributed by atoms with E-state index in [9.17, 15) is 14.7 Å². The van der Waals surface area contributed by atoms with Crippen LogP contribution in [0.2, 0.25) is 0 Å². The highest BCUT2D eigenvalue weighted by Gasteiger charge is 2.57. The van der Waals surface area contributed by atoms with Gasteiger partial charge in [-0.2, -0.15) is 0 Å². The number of ether oxygens (including phenoxy) is 2. The van der Waals surface area contributed by atoms with E-state index in [2.05, 4.69) is 0 Å². The number of carbonyl (C=O) groups excluding carboxylic acids is 1. The first-order chi connectivity index (χ1) is 8.24. The molecule has 6 heteroatoms. The zero-order chi connectivity index (χ0) is 13.6. The van der Waals surface area contributed by atoms with Crippen molar-refractivity contribution in [1.29, 1.82) is 0 Å². The Hall–Kier alpha value is -1.30. The molecule has 6 nitrogen and oxygen atoms in total. The van der Waals surface area contributed by atoms with Gasteiger partial charge >= 0.3 is 12.1 Å². The molecule has 0 bridgehead atoms. The Kier molecular flexibility index (Phi) is 3.01. The first-order valence-corrected chi connectivity index (χ1v) is 6.04. The number of hydrogen-bond acceptors (Lipinski definition) is 4. The van der Waals surface area contributed by atoms with Crippen LogP contribution in [0.4, 0.5) is 4.79 Å². The minimum absolute atomic E-state index is 0.137. The molecule has 0 spiro atoms. The van der Waals surface area contributed by atoms with Crippen molar-refractivity contribution in [3.8, 4) is 0 Å². The fourth-order valence-electron chi connectivity index (χ4n) is 2.50. The third kappa shape index (κ3) is 2.16. The van der Waals surface area contributed by atoms with Crippen molar-refractivity contribution in [3.05, 3.63) is 0 Å². The lowest BCUT2D eigenvalue weighted by atomic mass is 9.81. The third-order valence-electron chi connectivity index (χ3n) is 3.45. The van der Waals surface area contributed by atoms with Crippen LogP contribution in [0.25, 0.3) is 0 Å². The van der Waals surface area contributed by atoms with Crippen molar-refractivity contribution in [1.82, 2.24) is 4.90 Å². The number of aliphatic carboxylic acids is 1. The summed E-state index contributed by atoms with van der Waals surface area (Å²) in [4.78, 5) is 24.8. The minimum Gasteiger partial charge on any atom is -0.481 e. The van der Waals surface area contributed by atoms with E-state index in [1.807, 2.05) is 0 Å². The van der Waals surface area contributed by atoms with Gasteiger partial charge in [0.25, 0.3) is 0 Å². The van der Waals surface area contributed by atoms with Gasteiger partial charge in [-0.25, -0.2) is 4.79 Å². The third-order valence-corrected chi connectivity index (χ3v) is 3.45. The Morgan fingerprint density at radius 3 is 2.61 bits per heavy atom. The van der Waals surface area contributed by atoms with Crippen LogP contribution in [0.5, 0.6) is 0 Å². The van der Waals surface area contributed by atoms with E-state index >= 15 is 0 Å². The van der Waals surface area contributed by atoms with Gasteiger partial charge in [0, 0.05) is 19.0 Å². The molecule has 2 fully saturated rings. The maximum atomic E-state index is 11.9. The highest BCUT2D eigenvalue weighted by atomic mass is 16.6. The fourth-order valence-corrected chi connectivity index (χ4v) is 2.50. The van der Waals surface area contributed by atoms with Gasteiger partial charge < -0.3 is 19.5 Å². The lowest BCUT2D eigenvalue weighted by molar-refractivity contribution is -0.149. The number of amides is 1. The van der Waals surface area contributed by atoms with Crippen LogP contribution < -0.4 is 0 Å². The molecule has 18 heavy (non-hydrogen) atoms. The number of hydrogen-bond donors (Lipinski definition) is 1. The van der Waals surface area contributed by atoms with Gasteiger partial charge in [0.2, 0.25) is 0 Å². The highest BCUT2D eigenvalue weighted by molar-refractivity contribution is 5.79. The smallest absolute Gasteiger partial charge is 0.410 e. The van der Waals surface area contributed by atoms with Crippen molar-refractivity contribution < 1.29 is 24.2 Å². The molecule has 0 saturated carbocycles. The summed E-state index contributed by atoms with van der Waals surface area (Å²) in [5.41, 5.74) is -1.52. The standard InChI is InChI=1S/C12H19NO5/c1-11(2,3)18-10(16)13-4-8-5-17-7-12(8,6-13)9(14)15/h8H,4-7H2,1-3H3,(H,14,15)/t8-,12-/m1/s1. The van der Waals surface area contributed by atoms with Crippen LogP contribution in [-0.4, -0.2) is 54.0 Å². The van der Waals surface area contributed by atoms with Crippen LogP contribution in [-0.2, 0) is 14.3 Å². The zero-order valence-electron chi connectivity index (χ0n) is 10.9. The molecule has 0 aromatic carbocycles. The molecular formula is C12H19NO5. The lowest BCUT2D eigenvalue weighted by Gasteiger charge is -2.25. The Bertz CT molecular complexity index is 375. The number of nitrogens with zero attached hydrogens (tertiary/aromatic N) is 1. The van der Waals surface area contributed by atoms with Gasteiger partial charge in [-0.15, -0.1) is 0 Å². The van der Waals surface area contributed by atoms with E-state index in [0.717, 1.165) is 0 Å². The van der Waals surface area contributed by atoms with Crippen LogP contribution in [0.3, 0.4) is 0 Å². The molecule has 0 aliphatic carbocycles. The maximum Gasteiger partial charge on any atom is 0.410 e. The summed E-state index contributed by atoms with van der Waals surface area (Å²) in [6.07, 6.45) is -0.447. The van der Waals surface area contributed by atoms with E-state index in [1.54, 1.807) is 20.8 Å². The molecular weight excluding hydrogens is 238 g/mol. The lowest BCUT2D eigenvalue weighted by Crippen LogP contribution is -2.41. The predicted molar refractivity (Wildman–Crippen MR) is 62.2 cm³/mol. The molecule has 0 radical (unpaired) electrons. The average Bonchev–Trinajstić information content (AvgIpc) is 2.69. The topological polar surface area (TPSA) is 76.1 Å². The monoisotopic (exact) mass is 257 g/mol. The molecule has 2 aliphatic heterocycles. The number of carboxylic acids is 1. The maximum absolute atomic E-state index is 11.9. The second-order valence-corrected chi connectivity index (χ2v) is 6.03. The second kappa shape index (κ2) is 4.12.